The fourth-order valence-electron chi connectivity index (χ4n) is 1.98. The minimum Gasteiger partial charge on any atom is -0.329 e. The number of benzene rings is 1. The fraction of sp³-hybridized carbons (Fsp3) is 0.0769. The Hall–Kier alpha value is -1.72. The van der Waals surface area contributed by atoms with Crippen LogP contribution in [0.1, 0.15) is 5.56 Å². The summed E-state index contributed by atoms with van der Waals surface area (Å²) in [5, 5.41) is 0.543. The van der Waals surface area contributed by atoms with Crippen molar-refractivity contribution in [3.05, 3.63) is 57.7 Å². The maximum atomic E-state index is 13.2. The quantitative estimate of drug-likeness (QED) is 0.726. The molecule has 1 N–H and O–H groups in total. The van der Waals surface area contributed by atoms with E-state index >= 15 is 0 Å². The number of aromatic nitrogens is 3. The summed E-state index contributed by atoms with van der Waals surface area (Å²) in [5.74, 6) is -0.264. The maximum absolute atomic E-state index is 13.2. The van der Waals surface area contributed by atoms with Gasteiger partial charge in [0.25, 0.3) is 0 Å². The van der Waals surface area contributed by atoms with Crippen LogP contribution in [0.2, 0.25) is 5.02 Å². The van der Waals surface area contributed by atoms with Gasteiger partial charge in [-0.15, -0.1) is 0 Å². The number of nitrogens with one attached hydrogen (secondary N) is 1. The van der Waals surface area contributed by atoms with E-state index in [0.717, 1.165) is 11.1 Å². The summed E-state index contributed by atoms with van der Waals surface area (Å²) in [7, 11) is 0. The van der Waals surface area contributed by atoms with Gasteiger partial charge in [-0.2, -0.15) is 0 Å². The summed E-state index contributed by atoms with van der Waals surface area (Å²) >= 11 is 11.1. The summed E-state index contributed by atoms with van der Waals surface area (Å²) in [4.78, 5) is 7.30. The molecule has 3 nitrogen and oxygen atoms in total. The highest BCUT2D eigenvalue weighted by molar-refractivity contribution is 7.71. The third-order valence-corrected chi connectivity index (χ3v) is 3.33. The van der Waals surface area contributed by atoms with Crippen molar-refractivity contribution in [1.82, 2.24) is 14.5 Å². The number of rotatable bonds is 2. The van der Waals surface area contributed by atoms with E-state index in [4.69, 9.17) is 23.8 Å². The molecule has 0 radical (unpaired) electrons. The third kappa shape index (κ3) is 2.39. The van der Waals surface area contributed by atoms with Crippen molar-refractivity contribution in [3.8, 4) is 0 Å². The molecule has 0 saturated heterocycles. The number of hydrogen-bond donors (Lipinski definition) is 1. The molecular formula is C13H9ClFN3S. The first kappa shape index (κ1) is 12.3. The van der Waals surface area contributed by atoms with Crippen LogP contribution in [0.15, 0.2) is 36.5 Å². The maximum Gasteiger partial charge on any atom is 0.179 e. The molecule has 2 heterocycles. The summed E-state index contributed by atoms with van der Waals surface area (Å²) in [5.41, 5.74) is 2.31. The van der Waals surface area contributed by atoms with Crippen LogP contribution in [0.25, 0.3) is 11.2 Å². The van der Waals surface area contributed by atoms with Gasteiger partial charge >= 0.3 is 0 Å². The molecular weight excluding hydrogens is 285 g/mol. The van der Waals surface area contributed by atoms with Gasteiger partial charge in [0.15, 0.2) is 10.4 Å². The number of imidazole rings is 1. The van der Waals surface area contributed by atoms with Crippen molar-refractivity contribution >= 4 is 35.0 Å². The SMILES string of the molecule is Fc1cccc(Cn2c(=S)[nH]c3cc(Cl)cnc32)c1. The van der Waals surface area contributed by atoms with E-state index in [0.29, 0.717) is 22.0 Å². The lowest BCUT2D eigenvalue weighted by Crippen LogP contribution is -2.01. The van der Waals surface area contributed by atoms with Crippen molar-refractivity contribution in [2.75, 3.05) is 0 Å². The molecule has 0 aliphatic rings. The summed E-state index contributed by atoms with van der Waals surface area (Å²) in [6.07, 6.45) is 1.56. The number of pyridine rings is 1. The first-order valence-electron chi connectivity index (χ1n) is 5.62. The molecule has 0 atom stereocenters. The standard InChI is InChI=1S/C13H9ClFN3S/c14-9-5-11-12(16-6-9)18(13(19)17-11)7-8-2-1-3-10(15)4-8/h1-6H,7H2,(H,17,19). The van der Waals surface area contributed by atoms with Crippen LogP contribution in [0.5, 0.6) is 0 Å². The van der Waals surface area contributed by atoms with E-state index in [-0.39, 0.29) is 5.82 Å². The normalized spacial score (nSPS) is 11.1. The Balaban J connectivity index is 2.10. The van der Waals surface area contributed by atoms with Gasteiger partial charge < -0.3 is 4.98 Å². The molecule has 3 rings (SSSR count). The van der Waals surface area contributed by atoms with E-state index in [2.05, 4.69) is 9.97 Å². The molecule has 0 saturated carbocycles. The zero-order chi connectivity index (χ0) is 13.4. The molecule has 96 valence electrons. The lowest BCUT2D eigenvalue weighted by atomic mass is 10.2. The van der Waals surface area contributed by atoms with E-state index < -0.39 is 0 Å². The summed E-state index contributed by atoms with van der Waals surface area (Å²) < 4.78 is 15.5. The molecule has 0 unspecified atom stereocenters. The Bertz CT molecular complexity index is 809. The van der Waals surface area contributed by atoms with Crippen LogP contribution in [-0.2, 0) is 6.54 Å². The smallest absolute Gasteiger partial charge is 0.179 e. The van der Waals surface area contributed by atoms with Crippen molar-refractivity contribution in [1.29, 1.82) is 0 Å². The number of H-pyrrole nitrogens is 1. The number of hydrogen-bond acceptors (Lipinski definition) is 2. The molecule has 0 aliphatic carbocycles. The topological polar surface area (TPSA) is 33.6 Å². The Morgan fingerprint density at radius 1 is 1.37 bits per heavy atom. The summed E-state index contributed by atoms with van der Waals surface area (Å²) in [6, 6.07) is 8.18. The van der Waals surface area contributed by atoms with E-state index in [1.165, 1.54) is 12.1 Å². The van der Waals surface area contributed by atoms with E-state index in [1.54, 1.807) is 18.3 Å². The van der Waals surface area contributed by atoms with E-state index in [1.807, 2.05) is 10.6 Å². The van der Waals surface area contributed by atoms with Crippen molar-refractivity contribution in [2.45, 2.75) is 6.54 Å². The highest BCUT2D eigenvalue weighted by Crippen LogP contribution is 2.17. The molecule has 0 amide bonds. The predicted octanol–water partition coefficient (Wildman–Crippen LogP) is 3.93. The van der Waals surface area contributed by atoms with Crippen LogP contribution in [0.3, 0.4) is 0 Å². The lowest BCUT2D eigenvalue weighted by Gasteiger charge is -2.04. The zero-order valence-electron chi connectivity index (χ0n) is 9.73. The van der Waals surface area contributed by atoms with Crippen LogP contribution < -0.4 is 0 Å². The monoisotopic (exact) mass is 293 g/mol. The van der Waals surface area contributed by atoms with Crippen LogP contribution in [-0.4, -0.2) is 14.5 Å². The molecule has 0 bridgehead atoms. The van der Waals surface area contributed by atoms with Gasteiger partial charge in [0.05, 0.1) is 17.1 Å². The van der Waals surface area contributed by atoms with Gasteiger partial charge in [0, 0.05) is 6.20 Å². The first-order chi connectivity index (χ1) is 9.13. The Kier molecular flexibility index (Phi) is 3.08. The van der Waals surface area contributed by atoms with Gasteiger partial charge in [-0.3, -0.25) is 4.57 Å². The second-order valence-corrected chi connectivity index (χ2v) is 4.99. The van der Waals surface area contributed by atoms with Crippen molar-refractivity contribution in [2.24, 2.45) is 0 Å². The second kappa shape index (κ2) is 4.75. The number of halogens is 2. The average molecular weight is 294 g/mol. The average Bonchev–Trinajstić information content (AvgIpc) is 2.65. The molecule has 0 fully saturated rings. The Morgan fingerprint density at radius 3 is 3.00 bits per heavy atom. The molecule has 6 heteroatoms. The molecule has 2 aromatic heterocycles. The largest absolute Gasteiger partial charge is 0.329 e. The van der Waals surface area contributed by atoms with Gasteiger partial charge in [-0.05, 0) is 36.0 Å². The van der Waals surface area contributed by atoms with Crippen molar-refractivity contribution < 1.29 is 4.39 Å². The van der Waals surface area contributed by atoms with E-state index in [9.17, 15) is 4.39 Å². The van der Waals surface area contributed by atoms with Crippen LogP contribution >= 0.6 is 23.8 Å². The Morgan fingerprint density at radius 2 is 2.21 bits per heavy atom. The number of fused-ring (bicyclic) bond motifs is 1. The highest BCUT2D eigenvalue weighted by Gasteiger charge is 2.07. The minimum atomic E-state index is -0.264. The molecule has 0 aliphatic heterocycles. The third-order valence-electron chi connectivity index (χ3n) is 2.81. The fourth-order valence-corrected chi connectivity index (χ4v) is 2.40. The van der Waals surface area contributed by atoms with Gasteiger partial charge in [0.1, 0.15) is 5.82 Å². The molecule has 3 aromatic rings. The number of aromatic amines is 1. The Labute approximate surface area is 118 Å². The zero-order valence-corrected chi connectivity index (χ0v) is 11.3. The highest BCUT2D eigenvalue weighted by atomic mass is 35.5. The molecule has 0 spiro atoms. The molecule has 1 aromatic carbocycles. The predicted molar refractivity (Wildman–Crippen MR) is 75.4 cm³/mol. The minimum absolute atomic E-state index is 0.264. The summed E-state index contributed by atoms with van der Waals surface area (Å²) in [6.45, 7) is 0.464. The first-order valence-corrected chi connectivity index (χ1v) is 6.40. The lowest BCUT2D eigenvalue weighted by molar-refractivity contribution is 0.623. The second-order valence-electron chi connectivity index (χ2n) is 4.17. The van der Waals surface area contributed by atoms with Crippen molar-refractivity contribution in [3.63, 3.8) is 0 Å². The van der Waals surface area contributed by atoms with Gasteiger partial charge in [-0.25, -0.2) is 9.37 Å². The van der Waals surface area contributed by atoms with Crippen LogP contribution in [0, 0.1) is 10.6 Å². The molecule has 19 heavy (non-hydrogen) atoms. The van der Waals surface area contributed by atoms with Gasteiger partial charge in [-0.1, -0.05) is 23.7 Å². The van der Waals surface area contributed by atoms with Gasteiger partial charge in [0.2, 0.25) is 0 Å². The number of nitrogens with zero attached hydrogens (tertiary/aromatic N) is 2. The van der Waals surface area contributed by atoms with Crippen LogP contribution in [0.4, 0.5) is 4.39 Å².